The van der Waals surface area contributed by atoms with Crippen LogP contribution in [0.5, 0.6) is 11.5 Å². The van der Waals surface area contributed by atoms with Gasteiger partial charge in [-0.15, -0.1) is 0 Å². The molecule has 0 radical (unpaired) electrons. The summed E-state index contributed by atoms with van der Waals surface area (Å²) < 4.78 is 10.5. The van der Waals surface area contributed by atoms with Crippen LogP contribution in [-0.2, 0) is 11.2 Å². The van der Waals surface area contributed by atoms with E-state index in [1.54, 1.807) is 25.4 Å². The number of urea groups is 1. The van der Waals surface area contributed by atoms with E-state index in [1.807, 2.05) is 32.3 Å². The third-order valence-electron chi connectivity index (χ3n) is 5.88. The van der Waals surface area contributed by atoms with Crippen molar-refractivity contribution >= 4 is 63.7 Å². The van der Waals surface area contributed by atoms with Gasteiger partial charge in [-0.25, -0.2) is 9.78 Å². The smallest absolute Gasteiger partial charge is 0.326 e. The number of amides is 3. The molecule has 3 aromatic rings. The van der Waals surface area contributed by atoms with Gasteiger partial charge in [-0.3, -0.25) is 9.69 Å². The summed E-state index contributed by atoms with van der Waals surface area (Å²) in [5, 5.41) is 9.05. The molecule has 2 aromatic carbocycles. The molecule has 1 heterocycles. The molecule has 3 N–H and O–H groups in total. The van der Waals surface area contributed by atoms with Crippen LogP contribution in [0.4, 0.5) is 33.4 Å². The van der Waals surface area contributed by atoms with Gasteiger partial charge in [-0.1, -0.05) is 35.8 Å². The number of nitrogens with one attached hydrogen (secondary N) is 3. The molecule has 0 fully saturated rings. The number of carbonyl (C=O) groups is 2. The zero-order valence-corrected chi connectivity index (χ0v) is 24.5. The van der Waals surface area contributed by atoms with Gasteiger partial charge in [0.15, 0.2) is 0 Å². The third-order valence-corrected chi connectivity index (χ3v) is 6.63. The number of pyridine rings is 1. The van der Waals surface area contributed by atoms with Gasteiger partial charge < -0.3 is 30.3 Å². The second kappa shape index (κ2) is 13.9. The molecule has 12 heteroatoms. The molecule has 1 aromatic heterocycles. The quantitative estimate of drug-likeness (QED) is 0.235. The molecular formula is C28H32Cl2N6O4. The molecule has 0 atom stereocenters. The molecule has 0 aliphatic heterocycles. The van der Waals surface area contributed by atoms with Crippen molar-refractivity contribution in [2.45, 2.75) is 6.42 Å². The maximum Gasteiger partial charge on any atom is 0.326 e. The molecule has 0 spiro atoms. The average Bonchev–Trinajstić information content (AvgIpc) is 2.95. The summed E-state index contributed by atoms with van der Waals surface area (Å²) >= 11 is 12.8. The Bertz CT molecular complexity index is 1370. The fourth-order valence-electron chi connectivity index (χ4n) is 3.63. The predicted molar refractivity (Wildman–Crippen MR) is 162 cm³/mol. The summed E-state index contributed by atoms with van der Waals surface area (Å²) in [6, 6.07) is 10.1. The first kappa shape index (κ1) is 30.6. The highest BCUT2D eigenvalue weighted by Gasteiger charge is 2.21. The van der Waals surface area contributed by atoms with E-state index in [4.69, 9.17) is 32.7 Å². The Kier molecular flexibility index (Phi) is 10.6. The molecule has 0 saturated carbocycles. The van der Waals surface area contributed by atoms with Gasteiger partial charge in [0.25, 0.3) is 0 Å². The Labute approximate surface area is 243 Å². The number of nitrogens with zero attached hydrogens (tertiary/aromatic N) is 3. The van der Waals surface area contributed by atoms with Crippen LogP contribution in [0.25, 0.3) is 0 Å². The number of rotatable bonds is 11. The van der Waals surface area contributed by atoms with Gasteiger partial charge in [0.05, 0.1) is 37.0 Å². The highest BCUT2D eigenvalue weighted by molar-refractivity contribution is 6.41. The zero-order valence-electron chi connectivity index (χ0n) is 23.0. The number of likely N-dealkylation sites (N-methyl/N-ethyl adjacent to an activating group) is 1. The minimum Gasteiger partial charge on any atom is -0.495 e. The van der Waals surface area contributed by atoms with Crippen LogP contribution in [0.1, 0.15) is 5.56 Å². The molecule has 212 valence electrons. The number of carbonyl (C=O) groups excluding carboxylic acids is 2. The topological polar surface area (TPSA) is 108 Å². The lowest BCUT2D eigenvalue weighted by Crippen LogP contribution is -2.31. The van der Waals surface area contributed by atoms with E-state index >= 15 is 0 Å². The Hall–Kier alpha value is -3.99. The largest absolute Gasteiger partial charge is 0.495 e. The lowest BCUT2D eigenvalue weighted by Gasteiger charge is -2.21. The summed E-state index contributed by atoms with van der Waals surface area (Å²) in [6.07, 6.45) is 3.58. The van der Waals surface area contributed by atoms with Crippen LogP contribution in [0, 0.1) is 0 Å². The predicted octanol–water partition coefficient (Wildman–Crippen LogP) is 6.05. The number of benzene rings is 2. The third kappa shape index (κ3) is 7.56. The number of hydrogen-bond acceptors (Lipinski definition) is 7. The van der Waals surface area contributed by atoms with Crippen molar-refractivity contribution in [3.05, 3.63) is 70.9 Å². The second-order valence-electron chi connectivity index (χ2n) is 8.92. The Morgan fingerprint density at radius 3 is 2.25 bits per heavy atom. The van der Waals surface area contributed by atoms with Crippen LogP contribution in [0.2, 0.25) is 10.0 Å². The van der Waals surface area contributed by atoms with E-state index in [9.17, 15) is 9.59 Å². The van der Waals surface area contributed by atoms with Gasteiger partial charge >= 0.3 is 6.03 Å². The van der Waals surface area contributed by atoms with E-state index in [-0.39, 0.29) is 21.6 Å². The van der Waals surface area contributed by atoms with E-state index in [1.165, 1.54) is 31.3 Å². The first-order valence-corrected chi connectivity index (χ1v) is 12.9. The molecule has 10 nitrogen and oxygen atoms in total. The van der Waals surface area contributed by atoms with Crippen LogP contribution < -0.4 is 30.3 Å². The first-order valence-electron chi connectivity index (χ1n) is 12.2. The lowest BCUT2D eigenvalue weighted by molar-refractivity contribution is -0.111. The summed E-state index contributed by atoms with van der Waals surface area (Å²) in [4.78, 5) is 33.1. The van der Waals surface area contributed by atoms with Crippen molar-refractivity contribution in [2.24, 2.45) is 0 Å². The number of halogens is 2. The average molecular weight is 588 g/mol. The molecular weight excluding hydrogens is 555 g/mol. The normalized spacial score (nSPS) is 10.6. The Morgan fingerprint density at radius 2 is 1.65 bits per heavy atom. The summed E-state index contributed by atoms with van der Waals surface area (Å²) in [7, 11) is 8.49. The van der Waals surface area contributed by atoms with Crippen molar-refractivity contribution < 1.29 is 19.1 Å². The van der Waals surface area contributed by atoms with E-state index in [2.05, 4.69) is 32.4 Å². The standard InChI is InChI=1S/C28H32Cl2N6O4/c1-7-24(37)33-20-14-17(11-13-35(2)3)8-9-19(20)32-23-15-18(10-12-31-23)36(4)28(38)34-27-25(29)21(39-5)16-22(40-6)26(27)30/h7-10,12,14-16H,1,11,13H2,2-6H3,(H,31,32)(H,33,37)(H,34,38). The fraction of sp³-hybridized carbons (Fsp3) is 0.250. The maximum atomic E-state index is 13.2. The summed E-state index contributed by atoms with van der Waals surface area (Å²) in [6.45, 7) is 4.39. The van der Waals surface area contributed by atoms with Gasteiger partial charge in [0, 0.05) is 31.9 Å². The van der Waals surface area contributed by atoms with Crippen LogP contribution in [0.3, 0.4) is 0 Å². The highest BCUT2D eigenvalue weighted by atomic mass is 35.5. The van der Waals surface area contributed by atoms with Gasteiger partial charge in [-0.2, -0.15) is 0 Å². The van der Waals surface area contributed by atoms with Gasteiger partial charge in [-0.05, 0) is 50.4 Å². The van der Waals surface area contributed by atoms with Crippen LogP contribution in [-0.4, -0.2) is 63.7 Å². The summed E-state index contributed by atoms with van der Waals surface area (Å²) in [5.41, 5.74) is 2.94. The molecule has 0 bridgehead atoms. The molecule has 40 heavy (non-hydrogen) atoms. The number of hydrogen-bond donors (Lipinski definition) is 3. The van der Waals surface area contributed by atoms with E-state index in [0.717, 1.165) is 18.5 Å². The van der Waals surface area contributed by atoms with Crippen LogP contribution in [0.15, 0.2) is 55.3 Å². The lowest BCUT2D eigenvalue weighted by atomic mass is 10.1. The first-order chi connectivity index (χ1) is 19.1. The molecule has 0 aliphatic carbocycles. The molecule has 0 unspecified atom stereocenters. The second-order valence-corrected chi connectivity index (χ2v) is 9.68. The minimum atomic E-state index is -0.513. The molecule has 0 aliphatic rings. The van der Waals surface area contributed by atoms with E-state index < -0.39 is 6.03 Å². The Morgan fingerprint density at radius 1 is 0.975 bits per heavy atom. The highest BCUT2D eigenvalue weighted by Crippen LogP contribution is 2.44. The number of ether oxygens (including phenoxy) is 2. The van der Waals surface area contributed by atoms with Crippen LogP contribution >= 0.6 is 23.2 Å². The van der Waals surface area contributed by atoms with Gasteiger partial charge in [0.1, 0.15) is 27.4 Å². The van der Waals surface area contributed by atoms with Crippen molar-refractivity contribution in [2.75, 3.05) is 62.8 Å². The molecule has 3 rings (SSSR count). The molecule has 3 amide bonds. The van der Waals surface area contributed by atoms with Crippen molar-refractivity contribution in [3.63, 3.8) is 0 Å². The number of aromatic nitrogens is 1. The zero-order chi connectivity index (χ0) is 29.4. The van der Waals surface area contributed by atoms with Crippen molar-refractivity contribution in [1.82, 2.24) is 9.88 Å². The van der Waals surface area contributed by atoms with E-state index in [0.29, 0.717) is 34.4 Å². The van der Waals surface area contributed by atoms with Crippen molar-refractivity contribution in [3.8, 4) is 11.5 Å². The number of methoxy groups -OCH3 is 2. The van der Waals surface area contributed by atoms with Gasteiger partial charge in [0.2, 0.25) is 5.91 Å². The molecule has 0 saturated heterocycles. The Balaban J connectivity index is 1.85. The SMILES string of the molecule is C=CC(=O)Nc1cc(CCN(C)C)ccc1Nc1cc(N(C)C(=O)Nc2c(Cl)c(OC)cc(OC)c2Cl)ccn1. The number of anilines is 5. The van der Waals surface area contributed by atoms with Crippen molar-refractivity contribution in [1.29, 1.82) is 0 Å². The monoisotopic (exact) mass is 586 g/mol. The minimum absolute atomic E-state index is 0.135. The maximum absolute atomic E-state index is 13.2. The fourth-order valence-corrected chi connectivity index (χ4v) is 4.23. The summed E-state index contributed by atoms with van der Waals surface area (Å²) in [5.74, 6) is 0.704.